The van der Waals surface area contributed by atoms with Crippen molar-refractivity contribution in [1.29, 1.82) is 0 Å². The first-order valence-electron chi connectivity index (χ1n) is 10.3. The zero-order valence-electron chi connectivity index (χ0n) is 18.1. The van der Waals surface area contributed by atoms with E-state index in [0.717, 1.165) is 12.4 Å². The topological polar surface area (TPSA) is 87.7 Å². The van der Waals surface area contributed by atoms with Crippen molar-refractivity contribution < 1.29 is 27.5 Å². The molecule has 172 valence electrons. The summed E-state index contributed by atoms with van der Waals surface area (Å²) in [4.78, 5) is 35.9. The number of aromatic nitrogens is 2. The van der Waals surface area contributed by atoms with Gasteiger partial charge in [-0.1, -0.05) is 0 Å². The van der Waals surface area contributed by atoms with Gasteiger partial charge in [0.2, 0.25) is 11.9 Å². The molecule has 0 aromatic carbocycles. The van der Waals surface area contributed by atoms with Crippen LogP contribution in [0.3, 0.4) is 0 Å². The second kappa shape index (κ2) is 8.51. The molecule has 2 fully saturated rings. The first kappa shape index (κ1) is 23.1. The van der Waals surface area contributed by atoms with E-state index in [2.05, 4.69) is 15.3 Å². The molecular weight excluding hydrogens is 415 g/mol. The average Bonchev–Trinajstić information content (AvgIpc) is 2.61. The number of nitrogens with one attached hydrogen (secondary N) is 1. The van der Waals surface area contributed by atoms with Gasteiger partial charge in [-0.3, -0.25) is 4.79 Å². The molecule has 1 aromatic rings. The van der Waals surface area contributed by atoms with Gasteiger partial charge in [0.1, 0.15) is 5.60 Å². The minimum Gasteiger partial charge on any atom is -0.444 e. The fraction of sp³-hybridized carbons (Fsp3) is 0.700. The fourth-order valence-electron chi connectivity index (χ4n) is 3.74. The Morgan fingerprint density at radius 3 is 2.26 bits per heavy atom. The number of carbonyl (C=O) groups is 2. The van der Waals surface area contributed by atoms with E-state index in [9.17, 15) is 22.8 Å². The summed E-state index contributed by atoms with van der Waals surface area (Å²) in [5.41, 5.74) is -1.47. The zero-order chi connectivity index (χ0) is 23.0. The van der Waals surface area contributed by atoms with Gasteiger partial charge in [-0.2, -0.15) is 13.2 Å². The van der Waals surface area contributed by atoms with Crippen molar-refractivity contribution >= 4 is 17.9 Å². The molecule has 2 aliphatic rings. The van der Waals surface area contributed by atoms with Gasteiger partial charge in [-0.15, -0.1) is 0 Å². The fourth-order valence-corrected chi connectivity index (χ4v) is 3.74. The Hall–Kier alpha value is -2.59. The quantitative estimate of drug-likeness (QED) is 0.773. The van der Waals surface area contributed by atoms with E-state index >= 15 is 0 Å². The predicted molar refractivity (Wildman–Crippen MR) is 106 cm³/mol. The third-order valence-corrected chi connectivity index (χ3v) is 5.37. The second-order valence-corrected chi connectivity index (χ2v) is 9.11. The molecule has 3 rings (SSSR count). The molecule has 2 amide bonds. The number of nitrogens with zero attached hydrogens (tertiary/aromatic N) is 4. The SMILES string of the molecule is C[C@@H]1CN(c2ncc(C(F)(F)F)cn2)CCN1C(=O)C1CC(NC(=O)OC(C)(C)C)C1. The van der Waals surface area contributed by atoms with Gasteiger partial charge in [0.15, 0.2) is 0 Å². The van der Waals surface area contributed by atoms with Crippen LogP contribution in [0.15, 0.2) is 12.4 Å². The van der Waals surface area contributed by atoms with Crippen LogP contribution in [0.2, 0.25) is 0 Å². The largest absolute Gasteiger partial charge is 0.444 e. The monoisotopic (exact) mass is 443 g/mol. The van der Waals surface area contributed by atoms with Gasteiger partial charge in [0, 0.05) is 50.0 Å². The molecule has 1 saturated carbocycles. The van der Waals surface area contributed by atoms with E-state index in [1.54, 1.807) is 30.6 Å². The molecule has 0 bridgehead atoms. The summed E-state index contributed by atoms with van der Waals surface area (Å²) in [5.74, 6) is 0.0937. The second-order valence-electron chi connectivity index (χ2n) is 9.11. The van der Waals surface area contributed by atoms with Crippen molar-refractivity contribution in [3.63, 3.8) is 0 Å². The summed E-state index contributed by atoms with van der Waals surface area (Å²) >= 11 is 0. The Kier molecular flexibility index (Phi) is 6.33. The molecule has 0 radical (unpaired) electrons. The van der Waals surface area contributed by atoms with Crippen molar-refractivity contribution in [3.8, 4) is 0 Å². The molecule has 8 nitrogen and oxygen atoms in total. The highest BCUT2D eigenvalue weighted by Crippen LogP contribution is 2.32. The zero-order valence-corrected chi connectivity index (χ0v) is 18.1. The highest BCUT2D eigenvalue weighted by molar-refractivity contribution is 5.81. The number of piperazine rings is 1. The lowest BCUT2D eigenvalue weighted by Gasteiger charge is -2.44. The lowest BCUT2D eigenvalue weighted by atomic mass is 9.79. The molecule has 1 aliphatic heterocycles. The summed E-state index contributed by atoms with van der Waals surface area (Å²) in [6.07, 6.45) is -2.29. The van der Waals surface area contributed by atoms with Crippen molar-refractivity contribution in [2.24, 2.45) is 5.92 Å². The maximum Gasteiger partial charge on any atom is 0.419 e. The third kappa shape index (κ3) is 5.76. The van der Waals surface area contributed by atoms with Gasteiger partial charge in [-0.05, 0) is 40.5 Å². The van der Waals surface area contributed by atoms with Crippen LogP contribution in [0.1, 0.15) is 46.1 Å². The average molecular weight is 443 g/mol. The van der Waals surface area contributed by atoms with Crippen LogP contribution in [0.5, 0.6) is 0 Å². The van der Waals surface area contributed by atoms with Gasteiger partial charge < -0.3 is 19.9 Å². The number of carbonyl (C=O) groups excluding carboxylic acids is 2. The Balaban J connectivity index is 1.48. The van der Waals surface area contributed by atoms with Gasteiger partial charge in [0.25, 0.3) is 0 Å². The number of halogens is 3. The highest BCUT2D eigenvalue weighted by Gasteiger charge is 2.41. The van der Waals surface area contributed by atoms with Crippen LogP contribution in [0, 0.1) is 5.92 Å². The molecule has 1 saturated heterocycles. The Morgan fingerprint density at radius 2 is 1.74 bits per heavy atom. The maximum atomic E-state index is 12.9. The number of alkyl carbamates (subject to hydrolysis) is 1. The van der Waals surface area contributed by atoms with Crippen molar-refractivity contribution in [1.82, 2.24) is 20.2 Å². The smallest absolute Gasteiger partial charge is 0.419 e. The summed E-state index contributed by atoms with van der Waals surface area (Å²) in [5, 5.41) is 2.78. The van der Waals surface area contributed by atoms with E-state index in [1.807, 2.05) is 6.92 Å². The van der Waals surface area contributed by atoms with E-state index in [1.165, 1.54) is 0 Å². The van der Waals surface area contributed by atoms with Crippen LogP contribution < -0.4 is 10.2 Å². The van der Waals surface area contributed by atoms with Crippen LogP contribution in [-0.2, 0) is 15.7 Å². The number of rotatable bonds is 3. The molecule has 1 atom stereocenters. The predicted octanol–water partition coefficient (Wildman–Crippen LogP) is 2.84. The summed E-state index contributed by atoms with van der Waals surface area (Å²) < 4.78 is 43.3. The summed E-state index contributed by atoms with van der Waals surface area (Å²) in [6, 6.07) is -0.217. The number of ether oxygens (including phenoxy) is 1. The van der Waals surface area contributed by atoms with Crippen molar-refractivity contribution in [3.05, 3.63) is 18.0 Å². The van der Waals surface area contributed by atoms with E-state index < -0.39 is 23.4 Å². The standard InChI is InChI=1S/C20H28F3N5O3/c1-12-11-27(17-24-9-14(10-25-17)20(21,22)23)5-6-28(12)16(29)13-7-15(8-13)26-18(30)31-19(2,3)4/h9-10,12-13,15H,5-8,11H2,1-4H3,(H,26,30)/t12-,13?,15?/m1/s1. The molecule has 1 aliphatic carbocycles. The molecular formula is C20H28F3N5O3. The molecule has 2 heterocycles. The summed E-state index contributed by atoms with van der Waals surface area (Å²) in [6.45, 7) is 8.56. The Morgan fingerprint density at radius 1 is 1.13 bits per heavy atom. The number of amides is 2. The van der Waals surface area contributed by atoms with E-state index in [0.29, 0.717) is 32.5 Å². The molecule has 1 aromatic heterocycles. The molecule has 31 heavy (non-hydrogen) atoms. The normalized spacial score (nSPS) is 24.4. The Bertz CT molecular complexity index is 804. The number of alkyl halides is 3. The summed E-state index contributed by atoms with van der Waals surface area (Å²) in [7, 11) is 0. The van der Waals surface area contributed by atoms with E-state index in [-0.39, 0.29) is 29.9 Å². The Labute approximate surface area is 179 Å². The third-order valence-electron chi connectivity index (χ3n) is 5.37. The van der Waals surface area contributed by atoms with Crippen LogP contribution >= 0.6 is 0 Å². The van der Waals surface area contributed by atoms with Crippen molar-refractivity contribution in [2.45, 2.75) is 64.4 Å². The lowest BCUT2D eigenvalue weighted by molar-refractivity contribution is -0.141. The molecule has 0 spiro atoms. The lowest BCUT2D eigenvalue weighted by Crippen LogP contribution is -2.58. The van der Waals surface area contributed by atoms with Crippen LogP contribution in [0.25, 0.3) is 0 Å². The first-order chi connectivity index (χ1) is 14.3. The first-order valence-corrected chi connectivity index (χ1v) is 10.3. The van der Waals surface area contributed by atoms with Gasteiger partial charge in [0.05, 0.1) is 5.56 Å². The number of anilines is 1. The maximum absolute atomic E-state index is 12.9. The minimum atomic E-state index is -4.48. The number of hydrogen-bond donors (Lipinski definition) is 1. The highest BCUT2D eigenvalue weighted by atomic mass is 19.4. The molecule has 11 heteroatoms. The van der Waals surface area contributed by atoms with Gasteiger partial charge in [-0.25, -0.2) is 14.8 Å². The van der Waals surface area contributed by atoms with Crippen molar-refractivity contribution in [2.75, 3.05) is 24.5 Å². The van der Waals surface area contributed by atoms with Crippen LogP contribution in [0.4, 0.5) is 23.9 Å². The van der Waals surface area contributed by atoms with Crippen LogP contribution in [-0.4, -0.2) is 64.2 Å². The minimum absolute atomic E-state index is 0.0303. The van der Waals surface area contributed by atoms with E-state index in [4.69, 9.17) is 4.74 Å². The number of hydrogen-bond acceptors (Lipinski definition) is 6. The molecule has 1 N–H and O–H groups in total. The molecule has 0 unspecified atom stereocenters. The van der Waals surface area contributed by atoms with Gasteiger partial charge >= 0.3 is 12.3 Å².